The smallest absolute Gasteiger partial charge is 0.130 e. The lowest BCUT2D eigenvalue weighted by Crippen LogP contribution is -2.42. The van der Waals surface area contributed by atoms with Crippen molar-refractivity contribution < 1.29 is 4.74 Å². The topological polar surface area (TPSA) is 46.2 Å². The van der Waals surface area contributed by atoms with Crippen molar-refractivity contribution in [3.05, 3.63) is 46.8 Å². The molecule has 0 spiro atoms. The number of pyridine rings is 1. The predicted octanol–water partition coefficient (Wildman–Crippen LogP) is 2.90. The largest absolute Gasteiger partial charge is 0.375 e. The Bertz CT molecular complexity index is 565. The van der Waals surface area contributed by atoms with Crippen LogP contribution in [0.1, 0.15) is 12.0 Å². The fourth-order valence-electron chi connectivity index (χ4n) is 2.62. The predicted molar refractivity (Wildman–Crippen MR) is 85.5 cm³/mol. The number of aromatic nitrogens is 1. The van der Waals surface area contributed by atoms with Gasteiger partial charge in [-0.15, -0.1) is 0 Å². The van der Waals surface area contributed by atoms with Gasteiger partial charge in [-0.05, 0) is 31.1 Å². The third kappa shape index (κ3) is 3.64. The van der Waals surface area contributed by atoms with Gasteiger partial charge < -0.3 is 15.4 Å². The summed E-state index contributed by atoms with van der Waals surface area (Å²) in [6.07, 6.45) is 9.48. The molecule has 0 saturated carbocycles. The number of rotatable bonds is 3. The van der Waals surface area contributed by atoms with Gasteiger partial charge in [0.05, 0.1) is 17.7 Å². The van der Waals surface area contributed by atoms with Gasteiger partial charge in [-0.2, -0.15) is 0 Å². The third-order valence-electron chi connectivity index (χ3n) is 3.89. The highest BCUT2D eigenvalue weighted by atomic mass is 35.5. The molecule has 1 saturated heterocycles. The van der Waals surface area contributed by atoms with Crippen molar-refractivity contribution in [3.8, 4) is 0 Å². The lowest BCUT2D eigenvalue weighted by Gasteiger charge is -2.30. The first-order chi connectivity index (χ1) is 10.2. The SMILES string of the molecule is Cc1cc(NC2=CCC([C@H]3CNCCO3)C=C2)ncc1Cl. The van der Waals surface area contributed by atoms with Crippen LogP contribution in [0.4, 0.5) is 5.82 Å². The number of nitrogens with zero attached hydrogens (tertiary/aromatic N) is 1. The van der Waals surface area contributed by atoms with Crippen molar-refractivity contribution in [3.63, 3.8) is 0 Å². The lowest BCUT2D eigenvalue weighted by molar-refractivity contribution is 0.00355. The van der Waals surface area contributed by atoms with Crippen molar-refractivity contribution in [2.24, 2.45) is 5.92 Å². The number of allylic oxidation sites excluding steroid dienone is 2. The van der Waals surface area contributed by atoms with E-state index in [0.29, 0.717) is 10.9 Å². The number of morpholine rings is 1. The van der Waals surface area contributed by atoms with Gasteiger partial charge in [0.2, 0.25) is 0 Å². The first-order valence-electron chi connectivity index (χ1n) is 7.32. The van der Waals surface area contributed by atoms with Crippen LogP contribution in [0.3, 0.4) is 0 Å². The van der Waals surface area contributed by atoms with Crippen LogP contribution >= 0.6 is 11.6 Å². The average molecular weight is 306 g/mol. The van der Waals surface area contributed by atoms with E-state index in [0.717, 1.165) is 43.2 Å². The van der Waals surface area contributed by atoms with Gasteiger partial charge in [0.1, 0.15) is 5.82 Å². The minimum atomic E-state index is 0.281. The van der Waals surface area contributed by atoms with E-state index in [9.17, 15) is 0 Å². The minimum Gasteiger partial charge on any atom is -0.375 e. The molecular formula is C16H20ClN3O. The molecule has 0 aromatic carbocycles. The molecule has 1 fully saturated rings. The summed E-state index contributed by atoms with van der Waals surface area (Å²) in [6, 6.07) is 1.96. The summed E-state index contributed by atoms with van der Waals surface area (Å²) in [5, 5.41) is 7.39. The molecule has 112 valence electrons. The number of hydrogen-bond acceptors (Lipinski definition) is 4. The average Bonchev–Trinajstić information content (AvgIpc) is 2.53. The van der Waals surface area contributed by atoms with Crippen LogP contribution in [0.5, 0.6) is 0 Å². The van der Waals surface area contributed by atoms with Crippen molar-refractivity contribution in [1.82, 2.24) is 10.3 Å². The van der Waals surface area contributed by atoms with Crippen molar-refractivity contribution in [2.45, 2.75) is 19.4 Å². The van der Waals surface area contributed by atoms with Gasteiger partial charge in [0.25, 0.3) is 0 Å². The summed E-state index contributed by atoms with van der Waals surface area (Å²) in [5.41, 5.74) is 2.10. The summed E-state index contributed by atoms with van der Waals surface area (Å²) >= 11 is 5.99. The van der Waals surface area contributed by atoms with E-state index in [2.05, 4.69) is 33.8 Å². The zero-order valence-corrected chi connectivity index (χ0v) is 12.9. The Morgan fingerprint density at radius 1 is 1.48 bits per heavy atom. The Morgan fingerprint density at radius 3 is 3.05 bits per heavy atom. The second kappa shape index (κ2) is 6.60. The molecule has 0 radical (unpaired) electrons. The molecule has 2 atom stereocenters. The standard InChI is InChI=1S/C16H20ClN3O/c1-11-8-16(19-9-14(11)17)20-13-4-2-12(3-5-13)15-10-18-6-7-21-15/h2,4-5,8-9,12,15,18H,3,6-7,10H2,1H3,(H,19,20)/t12?,15-/m1/s1. The number of aryl methyl sites for hydroxylation is 1. The molecule has 5 heteroatoms. The van der Waals surface area contributed by atoms with E-state index in [1.54, 1.807) is 6.20 Å². The van der Waals surface area contributed by atoms with E-state index < -0.39 is 0 Å². The first-order valence-corrected chi connectivity index (χ1v) is 7.70. The van der Waals surface area contributed by atoms with Crippen LogP contribution in [0.15, 0.2) is 36.2 Å². The Kier molecular flexibility index (Phi) is 4.58. The fourth-order valence-corrected chi connectivity index (χ4v) is 2.72. The molecule has 1 aliphatic heterocycles. The maximum Gasteiger partial charge on any atom is 0.130 e. The van der Waals surface area contributed by atoms with E-state index >= 15 is 0 Å². The maximum absolute atomic E-state index is 5.99. The lowest BCUT2D eigenvalue weighted by atomic mass is 9.93. The Balaban J connectivity index is 1.60. The highest BCUT2D eigenvalue weighted by Gasteiger charge is 2.23. The summed E-state index contributed by atoms with van der Waals surface area (Å²) in [6.45, 7) is 4.67. The van der Waals surface area contributed by atoms with Crippen LogP contribution in [-0.2, 0) is 4.74 Å². The first kappa shape index (κ1) is 14.6. The molecule has 1 aromatic heterocycles. The monoisotopic (exact) mass is 305 g/mol. The molecule has 1 aromatic rings. The van der Waals surface area contributed by atoms with Crippen molar-refractivity contribution in [2.75, 3.05) is 25.0 Å². The Labute approximate surface area is 130 Å². The van der Waals surface area contributed by atoms with Crippen molar-refractivity contribution >= 4 is 17.4 Å². The number of anilines is 1. The van der Waals surface area contributed by atoms with Crippen LogP contribution in [0, 0.1) is 12.8 Å². The molecule has 2 aliphatic rings. The van der Waals surface area contributed by atoms with E-state index in [-0.39, 0.29) is 6.10 Å². The molecule has 2 heterocycles. The third-order valence-corrected chi connectivity index (χ3v) is 4.28. The normalized spacial score (nSPS) is 25.5. The summed E-state index contributed by atoms with van der Waals surface area (Å²) in [4.78, 5) is 4.29. The Hall–Kier alpha value is -1.36. The maximum atomic E-state index is 5.99. The van der Waals surface area contributed by atoms with Gasteiger partial charge in [0.15, 0.2) is 0 Å². The summed E-state index contributed by atoms with van der Waals surface area (Å²) < 4.78 is 5.81. The van der Waals surface area contributed by atoms with Crippen molar-refractivity contribution in [1.29, 1.82) is 0 Å². The second-order valence-electron chi connectivity index (χ2n) is 5.48. The zero-order valence-electron chi connectivity index (χ0n) is 12.1. The van der Waals surface area contributed by atoms with E-state index in [4.69, 9.17) is 16.3 Å². The number of halogens is 1. The summed E-state index contributed by atoms with van der Waals surface area (Å²) in [5.74, 6) is 1.27. The molecule has 2 N–H and O–H groups in total. The van der Waals surface area contributed by atoms with Crippen LogP contribution in [0.2, 0.25) is 5.02 Å². The zero-order chi connectivity index (χ0) is 14.7. The molecule has 1 unspecified atom stereocenters. The van der Waals surface area contributed by atoms with Crippen LogP contribution in [0.25, 0.3) is 0 Å². The van der Waals surface area contributed by atoms with Gasteiger partial charge in [-0.25, -0.2) is 4.98 Å². The number of nitrogens with one attached hydrogen (secondary N) is 2. The molecule has 0 bridgehead atoms. The molecule has 4 nitrogen and oxygen atoms in total. The molecule has 1 aliphatic carbocycles. The molecule has 21 heavy (non-hydrogen) atoms. The summed E-state index contributed by atoms with van der Waals surface area (Å²) in [7, 11) is 0. The van der Waals surface area contributed by atoms with Gasteiger partial charge in [-0.1, -0.05) is 23.8 Å². The van der Waals surface area contributed by atoms with E-state index in [1.165, 1.54) is 0 Å². The Morgan fingerprint density at radius 2 is 2.38 bits per heavy atom. The van der Waals surface area contributed by atoms with Crippen LogP contribution in [-0.4, -0.2) is 30.8 Å². The van der Waals surface area contributed by atoms with Gasteiger partial charge in [0, 0.05) is 30.9 Å². The van der Waals surface area contributed by atoms with Gasteiger partial charge in [-0.3, -0.25) is 0 Å². The van der Waals surface area contributed by atoms with Crippen LogP contribution < -0.4 is 10.6 Å². The quantitative estimate of drug-likeness (QED) is 0.901. The van der Waals surface area contributed by atoms with Gasteiger partial charge >= 0.3 is 0 Å². The van der Waals surface area contributed by atoms with E-state index in [1.807, 2.05) is 13.0 Å². The molecular weight excluding hydrogens is 286 g/mol. The highest BCUT2D eigenvalue weighted by molar-refractivity contribution is 6.31. The molecule has 3 rings (SSSR count). The number of hydrogen-bond donors (Lipinski definition) is 2. The number of ether oxygens (including phenoxy) is 1. The second-order valence-corrected chi connectivity index (χ2v) is 5.88. The highest BCUT2D eigenvalue weighted by Crippen LogP contribution is 2.24. The molecule has 0 amide bonds. The fraction of sp³-hybridized carbons (Fsp3) is 0.438. The minimum absolute atomic E-state index is 0.281.